The van der Waals surface area contributed by atoms with Gasteiger partial charge in [0.05, 0.1) is 0 Å². The molecule has 0 radical (unpaired) electrons. The van der Waals surface area contributed by atoms with Crippen LogP contribution in [0.3, 0.4) is 0 Å². The zero-order valence-electron chi connectivity index (χ0n) is 10.4. The molecule has 1 aliphatic heterocycles. The van der Waals surface area contributed by atoms with Gasteiger partial charge in [0.25, 0.3) is 5.56 Å². The number of nitrogens with two attached hydrogens (primary N) is 1. The molecule has 1 aliphatic rings. The van der Waals surface area contributed by atoms with Crippen molar-refractivity contribution in [1.29, 1.82) is 0 Å². The molecule has 0 saturated carbocycles. The number of aromatic nitrogens is 2. The smallest absolute Gasteiger partial charge is 0.731 e. The van der Waals surface area contributed by atoms with Gasteiger partial charge in [0.1, 0.15) is 0 Å². The second kappa shape index (κ2) is 6.02. The van der Waals surface area contributed by atoms with Gasteiger partial charge in [-0.05, 0) is 5.92 Å². The summed E-state index contributed by atoms with van der Waals surface area (Å²) in [6.07, 6.45) is 0. The van der Waals surface area contributed by atoms with Gasteiger partial charge >= 0.3 is 29.6 Å². The molecule has 3 N–H and O–H groups in total. The number of thioether (sulfide) groups is 1. The van der Waals surface area contributed by atoms with Gasteiger partial charge < -0.3 is 10.3 Å². The monoisotopic (exact) mass is 314 g/mol. The summed E-state index contributed by atoms with van der Waals surface area (Å²) in [7, 11) is -4.80. The summed E-state index contributed by atoms with van der Waals surface area (Å²) >= 11 is 1.37. The summed E-state index contributed by atoms with van der Waals surface area (Å²) in [5.74, 6) is 0.772. The minimum atomic E-state index is -4.80. The molecule has 1 aromatic rings. The Bertz CT molecular complexity index is 645. The number of nitrogens with zero attached hydrogens (tertiary/aromatic N) is 2. The van der Waals surface area contributed by atoms with Crippen molar-refractivity contribution in [1.82, 2.24) is 9.55 Å². The standard InChI is InChI=1S/C8H12N4O4S2.Na/c1-4-2-12-7(13)5(11-18(14,15)16)6(9)10-8(12)17-3-4;/h4,11H,2-3,9H2,1H3,(H,14,15,16);/q;+1/p-1. The third kappa shape index (κ3) is 3.86. The van der Waals surface area contributed by atoms with E-state index in [2.05, 4.69) is 4.98 Å². The summed E-state index contributed by atoms with van der Waals surface area (Å²) in [6, 6.07) is 0. The Morgan fingerprint density at radius 2 is 2.21 bits per heavy atom. The van der Waals surface area contributed by atoms with Gasteiger partial charge in [0.15, 0.2) is 27.0 Å². The number of fused-ring (bicyclic) bond motifs is 1. The number of nitrogen functional groups attached to an aromatic ring is 1. The van der Waals surface area contributed by atoms with Crippen LogP contribution < -0.4 is 45.6 Å². The molecule has 2 heterocycles. The molecule has 0 spiro atoms. The third-order valence-electron chi connectivity index (χ3n) is 2.38. The molecule has 0 aliphatic carbocycles. The molecule has 0 aromatic carbocycles. The van der Waals surface area contributed by atoms with Crippen molar-refractivity contribution in [3.8, 4) is 0 Å². The van der Waals surface area contributed by atoms with Crippen molar-refractivity contribution in [3.63, 3.8) is 0 Å². The van der Waals surface area contributed by atoms with Gasteiger partial charge in [-0.1, -0.05) is 18.7 Å². The maximum Gasteiger partial charge on any atom is 1.00 e. The molecule has 8 nitrogen and oxygen atoms in total. The first kappa shape index (κ1) is 16.8. The van der Waals surface area contributed by atoms with Crippen molar-refractivity contribution in [2.75, 3.05) is 16.2 Å². The quantitative estimate of drug-likeness (QED) is 0.328. The van der Waals surface area contributed by atoms with E-state index in [1.54, 1.807) is 4.72 Å². The third-order valence-corrected chi connectivity index (χ3v) is 4.14. The van der Waals surface area contributed by atoms with Crippen molar-refractivity contribution in [3.05, 3.63) is 10.4 Å². The van der Waals surface area contributed by atoms with E-state index < -0.39 is 21.6 Å². The van der Waals surface area contributed by atoms with Crippen LogP contribution in [-0.2, 0) is 16.8 Å². The van der Waals surface area contributed by atoms with Gasteiger partial charge in [-0.25, -0.2) is 13.4 Å². The predicted molar refractivity (Wildman–Crippen MR) is 66.1 cm³/mol. The summed E-state index contributed by atoms with van der Waals surface area (Å²) in [5.41, 5.74) is 4.36. The molecule has 1 aromatic heterocycles. The second-order valence-electron chi connectivity index (χ2n) is 4.04. The summed E-state index contributed by atoms with van der Waals surface area (Å²) in [5, 5.41) is 0.435. The molecule has 0 fully saturated rings. The van der Waals surface area contributed by atoms with E-state index in [1.165, 1.54) is 16.3 Å². The maximum absolute atomic E-state index is 12.0. The van der Waals surface area contributed by atoms with Crippen LogP contribution >= 0.6 is 11.8 Å². The summed E-state index contributed by atoms with van der Waals surface area (Å²) in [6.45, 7) is 2.37. The van der Waals surface area contributed by atoms with Crippen LogP contribution in [-0.4, -0.2) is 28.3 Å². The van der Waals surface area contributed by atoms with E-state index in [1.807, 2.05) is 6.92 Å². The Kier molecular flexibility index (Phi) is 5.32. The van der Waals surface area contributed by atoms with Crippen LogP contribution in [0.5, 0.6) is 0 Å². The first-order chi connectivity index (χ1) is 8.28. The van der Waals surface area contributed by atoms with Gasteiger partial charge in [-0.2, -0.15) is 0 Å². The SMILES string of the molecule is CC1CSc2nc(N)c(NS(=O)(=O)[O-])c(=O)n2C1.[Na+]. The van der Waals surface area contributed by atoms with E-state index in [9.17, 15) is 17.8 Å². The van der Waals surface area contributed by atoms with Crippen molar-refractivity contribution in [2.45, 2.75) is 18.6 Å². The average molecular weight is 314 g/mol. The minimum absolute atomic E-state index is 0. The van der Waals surface area contributed by atoms with Crippen LogP contribution in [0.15, 0.2) is 9.95 Å². The van der Waals surface area contributed by atoms with Crippen LogP contribution in [0.4, 0.5) is 11.5 Å². The van der Waals surface area contributed by atoms with Crippen LogP contribution in [0, 0.1) is 5.92 Å². The minimum Gasteiger partial charge on any atom is -0.731 e. The zero-order valence-corrected chi connectivity index (χ0v) is 14.0. The molecule has 0 amide bonds. The Morgan fingerprint density at radius 3 is 2.79 bits per heavy atom. The summed E-state index contributed by atoms with van der Waals surface area (Å²) in [4.78, 5) is 16.0. The Labute approximate surface area is 136 Å². The number of hydrogen-bond donors (Lipinski definition) is 2. The molecule has 0 saturated heterocycles. The first-order valence-corrected chi connectivity index (χ1v) is 7.44. The van der Waals surface area contributed by atoms with Crippen LogP contribution in [0.1, 0.15) is 6.92 Å². The van der Waals surface area contributed by atoms with Gasteiger partial charge in [-0.15, -0.1) is 0 Å². The fourth-order valence-electron chi connectivity index (χ4n) is 1.62. The van der Waals surface area contributed by atoms with E-state index in [-0.39, 0.29) is 41.3 Å². The van der Waals surface area contributed by atoms with Crippen molar-refractivity contribution < 1.29 is 42.5 Å². The molecule has 19 heavy (non-hydrogen) atoms. The normalized spacial score (nSPS) is 18.3. The molecule has 100 valence electrons. The van der Waals surface area contributed by atoms with Crippen LogP contribution in [0.2, 0.25) is 0 Å². The fraction of sp³-hybridized carbons (Fsp3) is 0.500. The predicted octanol–water partition coefficient (Wildman–Crippen LogP) is -3.56. The van der Waals surface area contributed by atoms with Gasteiger partial charge in [-0.3, -0.25) is 14.1 Å². The van der Waals surface area contributed by atoms with Crippen molar-refractivity contribution >= 4 is 33.6 Å². The largest absolute Gasteiger partial charge is 1.00 e. The molecule has 2 rings (SSSR count). The van der Waals surface area contributed by atoms with Crippen LogP contribution in [0.25, 0.3) is 0 Å². The Morgan fingerprint density at radius 1 is 1.58 bits per heavy atom. The molecule has 0 bridgehead atoms. The van der Waals surface area contributed by atoms with Gasteiger partial charge in [0.2, 0.25) is 0 Å². The Balaban J connectivity index is 0.00000180. The topological polar surface area (TPSA) is 130 Å². The Hall–Kier alpha value is -0.260. The number of nitrogens with one attached hydrogen (secondary N) is 1. The number of anilines is 2. The van der Waals surface area contributed by atoms with E-state index >= 15 is 0 Å². The number of hydrogen-bond acceptors (Lipinski definition) is 7. The van der Waals surface area contributed by atoms with E-state index in [4.69, 9.17) is 5.73 Å². The molecule has 11 heteroatoms. The van der Waals surface area contributed by atoms with Crippen molar-refractivity contribution in [2.24, 2.45) is 5.92 Å². The molecular formula is C8H11N4NaO4S2. The average Bonchev–Trinajstić information content (AvgIpc) is 2.24. The molecule has 1 unspecified atom stereocenters. The fourth-order valence-corrected chi connectivity index (χ4v) is 3.08. The molecule has 1 atom stereocenters. The first-order valence-electron chi connectivity index (χ1n) is 5.04. The number of rotatable bonds is 2. The van der Waals surface area contributed by atoms with E-state index in [0.717, 1.165) is 5.75 Å². The van der Waals surface area contributed by atoms with E-state index in [0.29, 0.717) is 11.7 Å². The molecular weight excluding hydrogens is 303 g/mol. The summed E-state index contributed by atoms with van der Waals surface area (Å²) < 4.78 is 34.8. The second-order valence-corrected chi connectivity index (χ2v) is 6.14. The van der Waals surface area contributed by atoms with Gasteiger partial charge in [0, 0.05) is 12.3 Å². The maximum atomic E-state index is 12.0. The zero-order chi connectivity index (χ0) is 13.5.